The molecule has 0 fully saturated rings. The second-order valence-corrected chi connectivity index (χ2v) is 29.0. The molecule has 71 heavy (non-hydrogen) atoms. The van der Waals surface area contributed by atoms with Gasteiger partial charge in [-0.1, -0.05) is 98.1 Å². The lowest BCUT2D eigenvalue weighted by molar-refractivity contribution is -0.163. The Morgan fingerprint density at radius 3 is 2.17 bits per heavy atom. The first-order valence-electron chi connectivity index (χ1n) is 22.9. The van der Waals surface area contributed by atoms with Crippen LogP contribution in [-0.4, -0.2) is 70.3 Å². The Balaban J connectivity index is 1.40. The highest BCUT2D eigenvalue weighted by Crippen LogP contribution is 2.52. The first kappa shape index (κ1) is 55.8. The Morgan fingerprint density at radius 1 is 0.887 bits per heavy atom. The summed E-state index contributed by atoms with van der Waals surface area (Å²) in [5.74, 6) is 0.798. The van der Waals surface area contributed by atoms with Gasteiger partial charge in [0.25, 0.3) is 10.1 Å². The van der Waals surface area contributed by atoms with Crippen LogP contribution < -0.4 is 18.6 Å². The van der Waals surface area contributed by atoms with Crippen LogP contribution in [0.25, 0.3) is 21.3 Å². The van der Waals surface area contributed by atoms with Gasteiger partial charge in [-0.05, 0) is 128 Å². The third-order valence-electron chi connectivity index (χ3n) is 11.8. The van der Waals surface area contributed by atoms with E-state index >= 15 is 0 Å². The number of benzene rings is 4. The summed E-state index contributed by atoms with van der Waals surface area (Å²) >= 11 is 19.5. The highest BCUT2D eigenvalue weighted by molar-refractivity contribution is 9.11. The van der Waals surface area contributed by atoms with E-state index in [-0.39, 0.29) is 57.8 Å². The topological polar surface area (TPSA) is 142 Å². The third kappa shape index (κ3) is 14.0. The van der Waals surface area contributed by atoms with Crippen LogP contribution in [-0.2, 0) is 41.6 Å². The van der Waals surface area contributed by atoms with Gasteiger partial charge in [-0.2, -0.15) is 8.42 Å². The van der Waals surface area contributed by atoms with E-state index in [1.165, 1.54) is 29.8 Å². The van der Waals surface area contributed by atoms with Gasteiger partial charge in [-0.15, -0.1) is 17.9 Å². The lowest BCUT2D eigenvalue weighted by atomic mass is 9.95. The molecular formula is C53H61BrCl2N2O10S2Si. The van der Waals surface area contributed by atoms with Crippen molar-refractivity contribution >= 4 is 85.1 Å². The summed E-state index contributed by atoms with van der Waals surface area (Å²) in [5.41, 5.74) is 4.06. The first-order chi connectivity index (χ1) is 33.3. The number of carbonyl (C=O) groups is 1. The van der Waals surface area contributed by atoms with Gasteiger partial charge < -0.3 is 28.1 Å². The van der Waals surface area contributed by atoms with Gasteiger partial charge in [0, 0.05) is 17.5 Å². The largest absolute Gasteiger partial charge is 0.543 e. The van der Waals surface area contributed by atoms with Crippen molar-refractivity contribution in [2.45, 2.75) is 116 Å². The molecular weight excluding hydrogens is 1070 g/mol. The van der Waals surface area contributed by atoms with Crippen molar-refractivity contribution in [3.63, 3.8) is 0 Å². The van der Waals surface area contributed by atoms with E-state index in [0.29, 0.717) is 53.3 Å². The monoisotopic (exact) mass is 1130 g/mol. The van der Waals surface area contributed by atoms with Crippen LogP contribution in [0.3, 0.4) is 0 Å². The molecule has 1 unspecified atom stereocenters. The van der Waals surface area contributed by atoms with Crippen molar-refractivity contribution in [2.75, 3.05) is 19.8 Å². The summed E-state index contributed by atoms with van der Waals surface area (Å²) < 4.78 is 70.7. The highest BCUT2D eigenvalue weighted by Gasteiger charge is 2.39. The van der Waals surface area contributed by atoms with Gasteiger partial charge >= 0.3 is 5.97 Å². The molecule has 0 bridgehead atoms. The van der Waals surface area contributed by atoms with Crippen LogP contribution in [0.4, 0.5) is 0 Å². The number of halogens is 3. The summed E-state index contributed by atoms with van der Waals surface area (Å²) in [6.45, 7) is 25.4. The summed E-state index contributed by atoms with van der Waals surface area (Å²) in [7, 11) is -6.44. The molecule has 2 heterocycles. The second-order valence-electron chi connectivity index (χ2n) is 19.6. The Kier molecular flexibility index (Phi) is 18.2. The number of fused-ring (bicyclic) bond motifs is 1. The van der Waals surface area contributed by atoms with E-state index in [0.717, 1.165) is 11.1 Å². The molecule has 0 aliphatic rings. The normalized spacial score (nSPS) is 13.2. The fourth-order valence-electron chi connectivity index (χ4n) is 7.09. The summed E-state index contributed by atoms with van der Waals surface area (Å²) in [5, 5.41) is 0.731. The zero-order chi connectivity index (χ0) is 52.1. The van der Waals surface area contributed by atoms with Crippen LogP contribution in [0, 0.1) is 20.8 Å². The zero-order valence-corrected chi connectivity index (χ0v) is 47.6. The Hall–Kier alpha value is -4.52. The Morgan fingerprint density at radius 2 is 1.55 bits per heavy atom. The number of hydrogen-bond acceptors (Lipinski definition) is 13. The number of rotatable bonds is 21. The SMILES string of the molecule is C=CCOC[C@H](COS(=O)(=O)c1ccc(C)cc1)Oc1c(Cl)c(C)c(-c2c(Br)sc3ncnc(OC(Cc4cc(O[Si](C)(C)C(C)(C)C)ccc4OCc4ccccc4)C(=O)OC(C)(C)C)c23)c(C)c1Cl. The average Bonchev–Trinajstić information content (AvgIpc) is 3.63. The molecule has 380 valence electrons. The Bertz CT molecular complexity index is 2950. The molecule has 0 radical (unpaired) electrons. The average molecular weight is 1130 g/mol. The molecule has 12 nitrogen and oxygen atoms in total. The molecule has 0 aliphatic carbocycles. The second kappa shape index (κ2) is 23.1. The maximum atomic E-state index is 14.4. The van der Waals surface area contributed by atoms with E-state index < -0.39 is 48.8 Å². The van der Waals surface area contributed by atoms with E-state index in [1.54, 1.807) is 39.0 Å². The van der Waals surface area contributed by atoms with E-state index in [4.69, 9.17) is 55.5 Å². The highest BCUT2D eigenvalue weighted by atomic mass is 79.9. The third-order valence-corrected chi connectivity index (χ3v) is 20.1. The van der Waals surface area contributed by atoms with Crippen LogP contribution in [0.5, 0.6) is 23.1 Å². The summed E-state index contributed by atoms with van der Waals surface area (Å²) in [6, 6.07) is 21.8. The molecule has 18 heteroatoms. The maximum Gasteiger partial charge on any atom is 0.348 e. The van der Waals surface area contributed by atoms with Crippen molar-refractivity contribution in [3.8, 4) is 34.3 Å². The molecule has 0 saturated carbocycles. The van der Waals surface area contributed by atoms with E-state index in [9.17, 15) is 13.2 Å². The molecule has 2 aromatic heterocycles. The van der Waals surface area contributed by atoms with Crippen LogP contribution >= 0.6 is 50.5 Å². The lowest BCUT2D eigenvalue weighted by Gasteiger charge is -2.36. The van der Waals surface area contributed by atoms with Crippen molar-refractivity contribution in [1.82, 2.24) is 9.97 Å². The van der Waals surface area contributed by atoms with E-state index in [1.807, 2.05) is 69.3 Å². The van der Waals surface area contributed by atoms with Gasteiger partial charge in [0.2, 0.25) is 20.3 Å². The lowest BCUT2D eigenvalue weighted by Crippen LogP contribution is -2.43. The number of ether oxygens (including phenoxy) is 5. The molecule has 2 atom stereocenters. The smallest absolute Gasteiger partial charge is 0.348 e. The number of hydrogen-bond donors (Lipinski definition) is 0. The summed E-state index contributed by atoms with van der Waals surface area (Å²) in [4.78, 5) is 24.2. The molecule has 0 spiro atoms. The minimum absolute atomic E-state index is 0.00206. The molecule has 0 aliphatic heterocycles. The van der Waals surface area contributed by atoms with Crippen LogP contribution in [0.15, 0.2) is 100 Å². The van der Waals surface area contributed by atoms with Crippen molar-refractivity contribution in [2.24, 2.45) is 0 Å². The molecule has 0 saturated heterocycles. The standard InChI is InChI=1S/C53H61BrCl2N2O10S2Si/c1-13-25-62-29-38(30-64-70(60,61)39-22-19-32(2)20-23-39)65-47-45(55)33(3)42(34(4)46(47)56)43-44-49(57-31-58-50(44)69-48(43)54)66-41(51(59)67-52(5,6)7)27-36-26-37(68-71(11,12)53(8,9)10)21-24-40(36)63-28-35-17-15-14-16-18-35/h13-24,26,31,38,41H,1,25,27-30H2,2-12H3/t38-,41?/m1/s1. The maximum absolute atomic E-state index is 14.4. The Labute approximate surface area is 441 Å². The van der Waals surface area contributed by atoms with Crippen LogP contribution in [0.1, 0.15) is 69.4 Å². The summed E-state index contributed by atoms with van der Waals surface area (Å²) in [6.07, 6.45) is 0.765. The fourth-order valence-corrected chi connectivity index (χ4v) is 11.3. The number of esters is 1. The minimum atomic E-state index is -4.16. The van der Waals surface area contributed by atoms with E-state index in [2.05, 4.69) is 66.3 Å². The predicted molar refractivity (Wildman–Crippen MR) is 289 cm³/mol. The quantitative estimate of drug-likeness (QED) is 0.0223. The first-order valence-corrected chi connectivity index (χ1v) is 29.6. The number of aromatic nitrogens is 2. The van der Waals surface area contributed by atoms with Crippen molar-refractivity contribution in [1.29, 1.82) is 0 Å². The van der Waals surface area contributed by atoms with Gasteiger partial charge in [-0.25, -0.2) is 14.8 Å². The number of carbonyl (C=O) groups excluding carboxylic acids is 1. The molecule has 0 N–H and O–H groups in total. The number of thiophene rings is 1. The van der Waals surface area contributed by atoms with Gasteiger partial charge in [0.1, 0.15) is 47.6 Å². The zero-order valence-electron chi connectivity index (χ0n) is 41.9. The molecule has 6 aromatic rings. The van der Waals surface area contributed by atoms with Gasteiger partial charge in [0.15, 0.2) is 5.75 Å². The minimum Gasteiger partial charge on any atom is -0.543 e. The molecule has 0 amide bonds. The van der Waals surface area contributed by atoms with Crippen molar-refractivity contribution in [3.05, 3.63) is 133 Å². The van der Waals surface area contributed by atoms with Gasteiger partial charge in [0.05, 0.1) is 37.3 Å². The number of nitrogens with zero attached hydrogens (tertiary/aromatic N) is 2. The molecule has 4 aromatic carbocycles. The fraction of sp³-hybridized carbons (Fsp3) is 0.377. The van der Waals surface area contributed by atoms with Crippen LogP contribution in [0.2, 0.25) is 28.2 Å². The number of aryl methyl sites for hydroxylation is 1. The molecule has 6 rings (SSSR count). The predicted octanol–water partition coefficient (Wildman–Crippen LogP) is 14.0. The van der Waals surface area contributed by atoms with Crippen molar-refractivity contribution < 1.29 is 45.5 Å². The van der Waals surface area contributed by atoms with Gasteiger partial charge in [-0.3, -0.25) is 4.18 Å².